The molecular formula is C15H17FN2O2S. The minimum absolute atomic E-state index is 0.0632. The molecule has 0 aliphatic rings. The molecule has 0 radical (unpaired) electrons. The maximum Gasteiger partial charge on any atom is 0.229 e. The Hall–Kier alpha value is -2.08. The topological polar surface area (TPSA) is 58.2 Å². The molecule has 0 atom stereocenters. The summed E-state index contributed by atoms with van der Waals surface area (Å²) in [6.07, 6.45) is 0.985. The molecule has 2 aromatic rings. The van der Waals surface area contributed by atoms with Crippen molar-refractivity contribution in [3.63, 3.8) is 0 Å². The number of sulfonamides is 1. The summed E-state index contributed by atoms with van der Waals surface area (Å²) in [7, 11) is -3.51. The lowest BCUT2D eigenvalue weighted by molar-refractivity contribution is 0.604. The second-order valence-electron chi connectivity index (χ2n) is 4.91. The molecule has 0 amide bonds. The van der Waals surface area contributed by atoms with E-state index < -0.39 is 15.8 Å². The number of hydrogen-bond donors (Lipinski definition) is 2. The molecule has 0 bridgehead atoms. The molecule has 0 fully saturated rings. The SMILES string of the molecule is Cc1cccc(CNc2ccc(F)c(NS(C)(=O)=O)c2)c1. The van der Waals surface area contributed by atoms with Gasteiger partial charge < -0.3 is 5.32 Å². The summed E-state index contributed by atoms with van der Waals surface area (Å²) in [5, 5.41) is 3.14. The highest BCUT2D eigenvalue weighted by Crippen LogP contribution is 2.21. The van der Waals surface area contributed by atoms with Gasteiger partial charge in [0.05, 0.1) is 11.9 Å². The average molecular weight is 308 g/mol. The van der Waals surface area contributed by atoms with Crippen molar-refractivity contribution >= 4 is 21.4 Å². The third kappa shape index (κ3) is 4.75. The van der Waals surface area contributed by atoms with E-state index in [-0.39, 0.29) is 5.69 Å². The predicted molar refractivity (Wildman–Crippen MR) is 83.4 cm³/mol. The van der Waals surface area contributed by atoms with Crippen molar-refractivity contribution in [2.75, 3.05) is 16.3 Å². The van der Waals surface area contributed by atoms with Crippen LogP contribution in [0.3, 0.4) is 0 Å². The summed E-state index contributed by atoms with van der Waals surface area (Å²) in [4.78, 5) is 0. The van der Waals surface area contributed by atoms with Gasteiger partial charge in [-0.2, -0.15) is 0 Å². The molecule has 21 heavy (non-hydrogen) atoms. The molecule has 0 heterocycles. The maximum atomic E-state index is 13.6. The third-order valence-electron chi connectivity index (χ3n) is 2.84. The van der Waals surface area contributed by atoms with Gasteiger partial charge in [-0.05, 0) is 30.7 Å². The highest BCUT2D eigenvalue weighted by Gasteiger charge is 2.08. The van der Waals surface area contributed by atoms with Crippen molar-refractivity contribution in [3.8, 4) is 0 Å². The Kier molecular flexibility index (Phi) is 4.47. The van der Waals surface area contributed by atoms with Crippen molar-refractivity contribution < 1.29 is 12.8 Å². The Balaban J connectivity index is 2.12. The van der Waals surface area contributed by atoms with Crippen molar-refractivity contribution in [1.29, 1.82) is 0 Å². The van der Waals surface area contributed by atoms with Crippen LogP contribution in [0.1, 0.15) is 11.1 Å². The van der Waals surface area contributed by atoms with E-state index in [2.05, 4.69) is 10.0 Å². The summed E-state index contributed by atoms with van der Waals surface area (Å²) < 4.78 is 38.1. The van der Waals surface area contributed by atoms with Crippen LogP contribution in [0, 0.1) is 12.7 Å². The van der Waals surface area contributed by atoms with Gasteiger partial charge in [0, 0.05) is 12.2 Å². The zero-order valence-corrected chi connectivity index (χ0v) is 12.7. The van der Waals surface area contributed by atoms with E-state index in [1.54, 1.807) is 6.07 Å². The van der Waals surface area contributed by atoms with Gasteiger partial charge in [0.2, 0.25) is 10.0 Å². The number of rotatable bonds is 5. The van der Waals surface area contributed by atoms with E-state index in [4.69, 9.17) is 0 Å². The highest BCUT2D eigenvalue weighted by molar-refractivity contribution is 7.92. The number of benzene rings is 2. The monoisotopic (exact) mass is 308 g/mol. The van der Waals surface area contributed by atoms with E-state index >= 15 is 0 Å². The van der Waals surface area contributed by atoms with Crippen LogP contribution in [0.15, 0.2) is 42.5 Å². The molecule has 0 aliphatic carbocycles. The van der Waals surface area contributed by atoms with Gasteiger partial charge in [0.1, 0.15) is 5.82 Å². The molecule has 0 unspecified atom stereocenters. The fraction of sp³-hybridized carbons (Fsp3) is 0.200. The Labute approximate surface area is 124 Å². The molecule has 112 valence electrons. The first-order chi connectivity index (χ1) is 9.83. The van der Waals surface area contributed by atoms with Crippen LogP contribution in [-0.2, 0) is 16.6 Å². The van der Waals surface area contributed by atoms with Crippen LogP contribution < -0.4 is 10.0 Å². The number of hydrogen-bond acceptors (Lipinski definition) is 3. The molecule has 2 aromatic carbocycles. The lowest BCUT2D eigenvalue weighted by atomic mass is 10.1. The fourth-order valence-electron chi connectivity index (χ4n) is 1.94. The lowest BCUT2D eigenvalue weighted by Crippen LogP contribution is -2.11. The number of halogens is 1. The minimum atomic E-state index is -3.51. The van der Waals surface area contributed by atoms with Crippen LogP contribution in [0.25, 0.3) is 0 Å². The summed E-state index contributed by atoms with van der Waals surface area (Å²) in [6, 6.07) is 12.2. The second-order valence-corrected chi connectivity index (χ2v) is 6.66. The normalized spacial score (nSPS) is 11.2. The van der Waals surface area contributed by atoms with Crippen molar-refractivity contribution in [2.45, 2.75) is 13.5 Å². The molecular weight excluding hydrogens is 291 g/mol. The standard InChI is InChI=1S/C15H17FN2O2S/c1-11-4-3-5-12(8-11)10-17-13-6-7-14(16)15(9-13)18-21(2,19)20/h3-9,17-18H,10H2,1-2H3. The van der Waals surface area contributed by atoms with Crippen LogP contribution in [0.4, 0.5) is 15.8 Å². The number of anilines is 2. The molecule has 0 spiro atoms. The van der Waals surface area contributed by atoms with Crippen LogP contribution in [0.5, 0.6) is 0 Å². The molecule has 0 saturated heterocycles. The Bertz CT molecular complexity index is 745. The van der Waals surface area contributed by atoms with Crippen LogP contribution in [0.2, 0.25) is 0 Å². The smallest absolute Gasteiger partial charge is 0.229 e. The molecule has 2 N–H and O–H groups in total. The molecule has 2 rings (SSSR count). The summed E-state index contributed by atoms with van der Waals surface area (Å²) in [5.41, 5.74) is 2.83. The van der Waals surface area contributed by atoms with Gasteiger partial charge in [-0.15, -0.1) is 0 Å². The van der Waals surface area contributed by atoms with Gasteiger partial charge in [0.15, 0.2) is 0 Å². The lowest BCUT2D eigenvalue weighted by Gasteiger charge is -2.10. The Morgan fingerprint density at radius 2 is 1.90 bits per heavy atom. The largest absolute Gasteiger partial charge is 0.381 e. The summed E-state index contributed by atoms with van der Waals surface area (Å²) >= 11 is 0. The zero-order chi connectivity index (χ0) is 15.5. The van der Waals surface area contributed by atoms with Crippen LogP contribution in [-0.4, -0.2) is 14.7 Å². The zero-order valence-electron chi connectivity index (χ0n) is 11.9. The summed E-state index contributed by atoms with van der Waals surface area (Å²) in [5.74, 6) is -0.610. The molecule has 0 aromatic heterocycles. The molecule has 0 saturated carbocycles. The first-order valence-corrected chi connectivity index (χ1v) is 8.29. The van der Waals surface area contributed by atoms with E-state index in [1.807, 2.05) is 31.2 Å². The van der Waals surface area contributed by atoms with Gasteiger partial charge in [0.25, 0.3) is 0 Å². The second kappa shape index (κ2) is 6.13. The third-order valence-corrected chi connectivity index (χ3v) is 3.43. The number of aryl methyl sites for hydroxylation is 1. The number of nitrogens with one attached hydrogen (secondary N) is 2. The van der Waals surface area contributed by atoms with Crippen molar-refractivity contribution in [2.24, 2.45) is 0 Å². The van der Waals surface area contributed by atoms with Crippen LogP contribution >= 0.6 is 0 Å². The van der Waals surface area contributed by atoms with E-state index in [9.17, 15) is 12.8 Å². The first-order valence-electron chi connectivity index (χ1n) is 6.40. The van der Waals surface area contributed by atoms with E-state index in [0.29, 0.717) is 12.2 Å². The quantitative estimate of drug-likeness (QED) is 0.892. The van der Waals surface area contributed by atoms with Crippen molar-refractivity contribution in [3.05, 3.63) is 59.4 Å². The van der Waals surface area contributed by atoms with Gasteiger partial charge in [-0.1, -0.05) is 29.8 Å². The van der Waals surface area contributed by atoms with Gasteiger partial charge in [-0.3, -0.25) is 4.72 Å². The van der Waals surface area contributed by atoms with Crippen molar-refractivity contribution in [1.82, 2.24) is 0 Å². The molecule has 0 aliphatic heterocycles. The van der Waals surface area contributed by atoms with Gasteiger partial charge in [-0.25, -0.2) is 12.8 Å². The molecule has 4 nitrogen and oxygen atoms in total. The Morgan fingerprint density at radius 1 is 1.14 bits per heavy atom. The predicted octanol–water partition coefficient (Wildman–Crippen LogP) is 3.12. The maximum absolute atomic E-state index is 13.6. The highest BCUT2D eigenvalue weighted by atomic mass is 32.2. The average Bonchev–Trinajstić information content (AvgIpc) is 2.38. The fourth-order valence-corrected chi connectivity index (χ4v) is 2.50. The minimum Gasteiger partial charge on any atom is -0.381 e. The van der Waals surface area contributed by atoms with E-state index in [1.165, 1.54) is 12.1 Å². The van der Waals surface area contributed by atoms with Gasteiger partial charge >= 0.3 is 0 Å². The first kappa shape index (κ1) is 15.3. The summed E-state index contributed by atoms with van der Waals surface area (Å²) in [6.45, 7) is 2.58. The Morgan fingerprint density at radius 3 is 2.57 bits per heavy atom. The van der Waals surface area contributed by atoms with E-state index in [0.717, 1.165) is 17.4 Å². The molecule has 6 heteroatoms.